The van der Waals surface area contributed by atoms with Crippen molar-refractivity contribution in [2.75, 3.05) is 0 Å². The zero-order valence-corrected chi connectivity index (χ0v) is 20.8. The summed E-state index contributed by atoms with van der Waals surface area (Å²) < 4.78 is 1.63. The molecule has 0 amide bonds. The second-order valence-electron chi connectivity index (χ2n) is 9.76. The van der Waals surface area contributed by atoms with E-state index >= 15 is 0 Å². The molecule has 0 bridgehead atoms. The number of unbranched alkanes of at least 4 members (excludes halogenated alkanes) is 1. The lowest BCUT2D eigenvalue weighted by atomic mass is 9.89. The van der Waals surface area contributed by atoms with Gasteiger partial charge in [0.15, 0.2) is 0 Å². The van der Waals surface area contributed by atoms with E-state index in [1.165, 1.54) is 5.56 Å². The Balaban J connectivity index is 1.46. The number of nitrogens with zero attached hydrogens (tertiary/aromatic N) is 3. The second-order valence-corrected chi connectivity index (χ2v) is 9.76. The molecule has 1 N–H and O–H groups in total. The van der Waals surface area contributed by atoms with Crippen LogP contribution in [-0.4, -0.2) is 31.9 Å². The SMILES string of the molecule is C[C@]1(Cc2ccccc2)CC(c2ccc3c(=O)n(-c4ccccc4)c(CCCCC(=O)O)nc3c2)=NO1. The van der Waals surface area contributed by atoms with Crippen LogP contribution in [0.5, 0.6) is 0 Å². The Labute approximate surface area is 215 Å². The van der Waals surface area contributed by atoms with E-state index in [0.717, 1.165) is 23.4 Å². The van der Waals surface area contributed by atoms with Crippen LogP contribution in [0.15, 0.2) is 88.8 Å². The molecule has 37 heavy (non-hydrogen) atoms. The summed E-state index contributed by atoms with van der Waals surface area (Å²) in [6.07, 6.45) is 3.12. The Kier molecular flexibility index (Phi) is 6.86. The van der Waals surface area contributed by atoms with Gasteiger partial charge in [0.25, 0.3) is 5.56 Å². The van der Waals surface area contributed by atoms with E-state index in [1.54, 1.807) is 4.57 Å². The molecular formula is C30H29N3O4. The number of carboxylic acids is 1. The van der Waals surface area contributed by atoms with Crippen LogP contribution in [-0.2, 0) is 22.5 Å². The number of aromatic nitrogens is 2. The van der Waals surface area contributed by atoms with E-state index in [2.05, 4.69) is 24.2 Å². The van der Waals surface area contributed by atoms with Gasteiger partial charge in [-0.3, -0.25) is 14.2 Å². The molecule has 4 aromatic rings. The topological polar surface area (TPSA) is 93.8 Å². The van der Waals surface area contributed by atoms with Crippen LogP contribution in [0, 0.1) is 0 Å². The third-order valence-electron chi connectivity index (χ3n) is 6.67. The van der Waals surface area contributed by atoms with Gasteiger partial charge in [0, 0.05) is 31.2 Å². The normalized spacial score (nSPS) is 16.9. The van der Waals surface area contributed by atoms with Crippen molar-refractivity contribution < 1.29 is 14.7 Å². The lowest BCUT2D eigenvalue weighted by Gasteiger charge is -2.21. The van der Waals surface area contributed by atoms with E-state index in [-0.39, 0.29) is 12.0 Å². The van der Waals surface area contributed by atoms with Gasteiger partial charge in [-0.15, -0.1) is 0 Å². The fourth-order valence-corrected chi connectivity index (χ4v) is 4.84. The molecule has 0 radical (unpaired) electrons. The Morgan fingerprint density at radius 3 is 2.49 bits per heavy atom. The monoisotopic (exact) mass is 495 g/mol. The third-order valence-corrected chi connectivity index (χ3v) is 6.67. The first-order valence-electron chi connectivity index (χ1n) is 12.5. The Bertz CT molecular complexity index is 1510. The van der Waals surface area contributed by atoms with Gasteiger partial charge in [0.05, 0.1) is 22.3 Å². The van der Waals surface area contributed by atoms with E-state index in [0.29, 0.717) is 42.4 Å². The number of benzene rings is 3. The van der Waals surface area contributed by atoms with Crippen molar-refractivity contribution in [1.82, 2.24) is 9.55 Å². The van der Waals surface area contributed by atoms with Crippen LogP contribution < -0.4 is 5.56 Å². The summed E-state index contributed by atoms with van der Waals surface area (Å²) in [6.45, 7) is 2.06. The summed E-state index contributed by atoms with van der Waals surface area (Å²) in [5.41, 5.74) is 3.66. The molecule has 3 aromatic carbocycles. The number of hydrogen-bond donors (Lipinski definition) is 1. The molecule has 0 spiro atoms. The number of aryl methyl sites for hydroxylation is 1. The number of aliphatic carboxylic acids is 1. The van der Waals surface area contributed by atoms with Crippen molar-refractivity contribution in [3.8, 4) is 5.69 Å². The van der Waals surface area contributed by atoms with Gasteiger partial charge in [-0.1, -0.05) is 59.8 Å². The third kappa shape index (κ3) is 5.45. The Morgan fingerprint density at radius 2 is 1.76 bits per heavy atom. The van der Waals surface area contributed by atoms with Crippen LogP contribution in [0.4, 0.5) is 0 Å². The van der Waals surface area contributed by atoms with Gasteiger partial charge in [-0.25, -0.2) is 4.98 Å². The van der Waals surface area contributed by atoms with Gasteiger partial charge in [-0.2, -0.15) is 0 Å². The molecule has 0 saturated carbocycles. The maximum atomic E-state index is 13.6. The molecule has 2 heterocycles. The zero-order chi connectivity index (χ0) is 25.8. The van der Waals surface area contributed by atoms with Crippen LogP contribution in [0.3, 0.4) is 0 Å². The predicted molar refractivity (Wildman–Crippen MR) is 143 cm³/mol. The van der Waals surface area contributed by atoms with Gasteiger partial charge in [-0.05, 0) is 49.6 Å². The van der Waals surface area contributed by atoms with Crippen molar-refractivity contribution in [2.24, 2.45) is 5.16 Å². The smallest absolute Gasteiger partial charge is 0.303 e. The molecule has 7 heteroatoms. The quantitative estimate of drug-likeness (QED) is 0.318. The van der Waals surface area contributed by atoms with E-state index in [4.69, 9.17) is 14.9 Å². The molecule has 7 nitrogen and oxygen atoms in total. The molecule has 1 aromatic heterocycles. The minimum atomic E-state index is -0.824. The average Bonchev–Trinajstić information content (AvgIpc) is 3.29. The lowest BCUT2D eigenvalue weighted by Crippen LogP contribution is -2.28. The van der Waals surface area contributed by atoms with Crippen molar-refractivity contribution in [3.63, 3.8) is 0 Å². The van der Waals surface area contributed by atoms with E-state index in [9.17, 15) is 9.59 Å². The molecule has 0 fully saturated rings. The maximum Gasteiger partial charge on any atom is 0.303 e. The number of rotatable bonds is 9. The number of oxime groups is 1. The number of para-hydroxylation sites is 1. The van der Waals surface area contributed by atoms with Crippen molar-refractivity contribution in [3.05, 3.63) is 106 Å². The highest BCUT2D eigenvalue weighted by Gasteiger charge is 2.35. The van der Waals surface area contributed by atoms with Gasteiger partial charge >= 0.3 is 5.97 Å². The first-order valence-corrected chi connectivity index (χ1v) is 12.5. The maximum absolute atomic E-state index is 13.6. The van der Waals surface area contributed by atoms with Crippen LogP contribution in [0.2, 0.25) is 0 Å². The number of carboxylic acid groups (broad SMARTS) is 1. The summed E-state index contributed by atoms with van der Waals surface area (Å²) in [4.78, 5) is 35.3. The molecule has 5 rings (SSSR count). The molecule has 1 atom stereocenters. The number of carbonyl (C=O) groups is 1. The fourth-order valence-electron chi connectivity index (χ4n) is 4.84. The second kappa shape index (κ2) is 10.4. The summed E-state index contributed by atoms with van der Waals surface area (Å²) >= 11 is 0. The first kappa shape index (κ1) is 24.4. The van der Waals surface area contributed by atoms with Crippen LogP contribution >= 0.6 is 0 Å². The fraction of sp³-hybridized carbons (Fsp3) is 0.267. The van der Waals surface area contributed by atoms with Gasteiger partial charge in [0.2, 0.25) is 0 Å². The van der Waals surface area contributed by atoms with Crippen LogP contribution in [0.1, 0.15) is 49.6 Å². The molecule has 0 unspecified atom stereocenters. The summed E-state index contributed by atoms with van der Waals surface area (Å²) in [7, 11) is 0. The minimum Gasteiger partial charge on any atom is -0.481 e. The highest BCUT2D eigenvalue weighted by atomic mass is 16.7. The van der Waals surface area contributed by atoms with Crippen LogP contribution in [0.25, 0.3) is 16.6 Å². The highest BCUT2D eigenvalue weighted by molar-refractivity contribution is 6.03. The summed E-state index contributed by atoms with van der Waals surface area (Å²) in [5.74, 6) is -0.208. The molecule has 0 saturated heterocycles. The largest absolute Gasteiger partial charge is 0.481 e. The summed E-state index contributed by atoms with van der Waals surface area (Å²) in [5, 5.41) is 13.9. The Morgan fingerprint density at radius 1 is 1.03 bits per heavy atom. The average molecular weight is 496 g/mol. The number of hydrogen-bond acceptors (Lipinski definition) is 5. The molecule has 1 aliphatic heterocycles. The zero-order valence-electron chi connectivity index (χ0n) is 20.8. The number of fused-ring (bicyclic) bond motifs is 1. The molecular weight excluding hydrogens is 466 g/mol. The van der Waals surface area contributed by atoms with E-state index in [1.807, 2.05) is 66.7 Å². The standard InChI is InChI=1S/C30H29N3O4/c1-30(19-21-10-4-2-5-11-21)20-26(32-37-30)22-16-17-24-25(18-22)31-27(14-8-9-15-28(34)35)33(29(24)36)23-12-6-3-7-13-23/h2-7,10-13,16-18H,8-9,14-15,19-20H2,1H3,(H,34,35)/t30-/m0/s1. The molecule has 0 aliphatic carbocycles. The molecule has 1 aliphatic rings. The summed E-state index contributed by atoms with van der Waals surface area (Å²) in [6, 6.07) is 25.3. The van der Waals surface area contributed by atoms with Gasteiger partial charge < -0.3 is 9.94 Å². The Hall–Kier alpha value is -4.26. The molecule has 188 valence electrons. The van der Waals surface area contributed by atoms with E-state index < -0.39 is 11.6 Å². The lowest BCUT2D eigenvalue weighted by molar-refractivity contribution is -0.137. The van der Waals surface area contributed by atoms with Crippen molar-refractivity contribution >= 4 is 22.6 Å². The van der Waals surface area contributed by atoms with Crippen molar-refractivity contribution in [2.45, 2.75) is 51.0 Å². The highest BCUT2D eigenvalue weighted by Crippen LogP contribution is 2.30. The van der Waals surface area contributed by atoms with Gasteiger partial charge in [0.1, 0.15) is 11.4 Å². The minimum absolute atomic E-state index is 0.0921. The van der Waals surface area contributed by atoms with Crippen molar-refractivity contribution in [1.29, 1.82) is 0 Å². The predicted octanol–water partition coefficient (Wildman–Crippen LogP) is 5.31. The first-order chi connectivity index (χ1) is 17.9.